The molecule has 1 saturated heterocycles. The molecule has 0 bridgehead atoms. The Kier molecular flexibility index (Phi) is 9.65. The Morgan fingerprint density at radius 1 is 0.944 bits per heavy atom. The molecule has 0 aliphatic carbocycles. The van der Waals surface area contributed by atoms with Crippen LogP contribution < -0.4 is 0 Å². The van der Waals surface area contributed by atoms with Crippen LogP contribution in [0.3, 0.4) is 0 Å². The van der Waals surface area contributed by atoms with Crippen LogP contribution in [-0.4, -0.2) is 59.0 Å². The van der Waals surface area contributed by atoms with Crippen molar-refractivity contribution < 1.29 is 23.9 Å². The number of benzene rings is 2. The highest BCUT2D eigenvalue weighted by Gasteiger charge is 2.39. The van der Waals surface area contributed by atoms with Crippen molar-refractivity contribution in [3.63, 3.8) is 0 Å². The van der Waals surface area contributed by atoms with Gasteiger partial charge in [0.25, 0.3) is 0 Å². The lowest BCUT2D eigenvalue weighted by atomic mass is 9.90. The Balaban J connectivity index is 1.92. The van der Waals surface area contributed by atoms with Crippen LogP contribution in [0.5, 0.6) is 0 Å². The fourth-order valence-corrected chi connectivity index (χ4v) is 4.78. The normalized spacial score (nSPS) is 18.1. The molecule has 0 radical (unpaired) electrons. The topological polar surface area (TPSA) is 76.2 Å². The van der Waals surface area contributed by atoms with E-state index in [1.165, 1.54) is 18.2 Å². The number of carbonyl (C=O) groups excluding carboxylic acids is 3. The highest BCUT2D eigenvalue weighted by Crippen LogP contribution is 2.30. The van der Waals surface area contributed by atoms with Gasteiger partial charge in [0.2, 0.25) is 5.78 Å². The number of piperidine rings is 1. The highest BCUT2D eigenvalue weighted by molar-refractivity contribution is 6.33. The van der Waals surface area contributed by atoms with Gasteiger partial charge in [-0.3, -0.25) is 9.69 Å². The van der Waals surface area contributed by atoms with E-state index in [0.717, 1.165) is 12.8 Å². The molecule has 0 aromatic heterocycles. The molecule has 2 aromatic rings. The molecule has 1 fully saturated rings. The standard InChI is InChI=1S/C29H38N2O5/c1-29(2,3)36-28(34)31-19-11-16-24(25(31)17-18-26(32)27(33)35-4)30(20-22-12-7-5-8-13-22)21-23-14-9-6-10-15-23/h5-10,12-15,24-25H,11,16-21H2,1-4H3/t24-,25+/m0/s1. The van der Waals surface area contributed by atoms with Crippen LogP contribution in [0.1, 0.15) is 57.6 Å². The first kappa shape index (κ1) is 27.4. The van der Waals surface area contributed by atoms with Gasteiger partial charge in [-0.2, -0.15) is 0 Å². The number of ether oxygens (including phenoxy) is 2. The van der Waals surface area contributed by atoms with E-state index in [9.17, 15) is 14.4 Å². The highest BCUT2D eigenvalue weighted by atomic mass is 16.6. The third-order valence-electron chi connectivity index (χ3n) is 6.38. The lowest BCUT2D eigenvalue weighted by Crippen LogP contribution is -2.57. The first-order valence-corrected chi connectivity index (χ1v) is 12.6. The minimum Gasteiger partial charge on any atom is -0.463 e. The van der Waals surface area contributed by atoms with Crippen molar-refractivity contribution >= 4 is 17.8 Å². The average Bonchev–Trinajstić information content (AvgIpc) is 2.86. The SMILES string of the molecule is COC(=O)C(=O)CC[C@@H]1[C@@H](N(Cc2ccccc2)Cc2ccccc2)CCCN1C(=O)OC(C)(C)C. The number of rotatable bonds is 9. The van der Waals surface area contributed by atoms with E-state index in [0.29, 0.717) is 26.1 Å². The smallest absolute Gasteiger partial charge is 0.410 e. The molecule has 0 spiro atoms. The van der Waals surface area contributed by atoms with Gasteiger partial charge < -0.3 is 14.4 Å². The number of hydrogen-bond donors (Lipinski definition) is 0. The second-order valence-electron chi connectivity index (χ2n) is 10.3. The first-order chi connectivity index (χ1) is 17.2. The number of likely N-dealkylation sites (tertiary alicyclic amines) is 1. The summed E-state index contributed by atoms with van der Waals surface area (Å²) in [6.45, 7) is 7.48. The van der Waals surface area contributed by atoms with Gasteiger partial charge >= 0.3 is 12.1 Å². The minimum absolute atomic E-state index is 0.0116. The molecular formula is C29H38N2O5. The molecule has 194 valence electrons. The molecule has 0 N–H and O–H groups in total. The molecular weight excluding hydrogens is 456 g/mol. The minimum atomic E-state index is -0.850. The second-order valence-corrected chi connectivity index (χ2v) is 10.3. The van der Waals surface area contributed by atoms with Crippen molar-refractivity contribution in [1.29, 1.82) is 0 Å². The monoisotopic (exact) mass is 494 g/mol. The van der Waals surface area contributed by atoms with Gasteiger partial charge in [0.1, 0.15) is 5.60 Å². The molecule has 1 aliphatic heterocycles. The predicted octanol–water partition coefficient (Wildman–Crippen LogP) is 4.98. The van der Waals surface area contributed by atoms with Gasteiger partial charge in [0.15, 0.2) is 0 Å². The van der Waals surface area contributed by atoms with Crippen molar-refractivity contribution in [3.8, 4) is 0 Å². The average molecular weight is 495 g/mol. The van der Waals surface area contributed by atoms with Crippen molar-refractivity contribution in [2.45, 2.75) is 77.2 Å². The lowest BCUT2D eigenvalue weighted by molar-refractivity contribution is -0.151. The Morgan fingerprint density at radius 3 is 2.00 bits per heavy atom. The van der Waals surface area contributed by atoms with Crippen LogP contribution in [0.2, 0.25) is 0 Å². The molecule has 7 nitrogen and oxygen atoms in total. The van der Waals surface area contributed by atoms with Gasteiger partial charge in [-0.15, -0.1) is 0 Å². The zero-order valence-electron chi connectivity index (χ0n) is 21.8. The summed E-state index contributed by atoms with van der Waals surface area (Å²) in [6, 6.07) is 20.2. The second kappa shape index (κ2) is 12.7. The summed E-state index contributed by atoms with van der Waals surface area (Å²) < 4.78 is 10.4. The molecule has 2 atom stereocenters. The van der Waals surface area contributed by atoms with Crippen LogP contribution >= 0.6 is 0 Å². The van der Waals surface area contributed by atoms with Crippen LogP contribution in [-0.2, 0) is 32.2 Å². The molecule has 0 unspecified atom stereocenters. The van der Waals surface area contributed by atoms with E-state index in [-0.39, 0.29) is 24.6 Å². The number of nitrogens with zero attached hydrogens (tertiary/aromatic N) is 2. The zero-order chi connectivity index (χ0) is 26.1. The molecule has 0 saturated carbocycles. The van der Waals surface area contributed by atoms with Gasteiger partial charge in [-0.1, -0.05) is 60.7 Å². The maximum absolute atomic E-state index is 13.3. The number of methoxy groups -OCH3 is 1. The maximum Gasteiger partial charge on any atom is 0.410 e. The molecule has 2 aromatic carbocycles. The quantitative estimate of drug-likeness (QED) is 0.362. The van der Waals surface area contributed by atoms with Crippen molar-refractivity contribution in [2.75, 3.05) is 13.7 Å². The molecule has 1 heterocycles. The van der Waals surface area contributed by atoms with Crippen LogP contribution in [0.4, 0.5) is 4.79 Å². The van der Waals surface area contributed by atoms with Crippen molar-refractivity contribution in [2.24, 2.45) is 0 Å². The van der Waals surface area contributed by atoms with E-state index in [1.807, 2.05) is 57.2 Å². The van der Waals surface area contributed by atoms with Crippen LogP contribution in [0.25, 0.3) is 0 Å². The first-order valence-electron chi connectivity index (χ1n) is 12.6. The summed E-state index contributed by atoms with van der Waals surface area (Å²) in [5.41, 5.74) is 1.71. The van der Waals surface area contributed by atoms with E-state index >= 15 is 0 Å². The summed E-state index contributed by atoms with van der Waals surface area (Å²) in [5, 5.41) is 0. The van der Waals surface area contributed by atoms with Gasteiger partial charge in [0, 0.05) is 32.1 Å². The summed E-state index contributed by atoms with van der Waals surface area (Å²) in [7, 11) is 1.21. The Hall–Kier alpha value is -3.19. The largest absolute Gasteiger partial charge is 0.463 e. The van der Waals surface area contributed by atoms with E-state index in [1.54, 1.807) is 4.90 Å². The van der Waals surface area contributed by atoms with E-state index < -0.39 is 17.4 Å². The summed E-state index contributed by atoms with van der Waals surface area (Å²) >= 11 is 0. The van der Waals surface area contributed by atoms with Crippen molar-refractivity contribution in [3.05, 3.63) is 71.8 Å². The Labute approximate surface area is 214 Å². The number of amides is 1. The molecule has 36 heavy (non-hydrogen) atoms. The lowest BCUT2D eigenvalue weighted by Gasteiger charge is -2.46. The zero-order valence-corrected chi connectivity index (χ0v) is 21.8. The molecule has 3 rings (SSSR count). The van der Waals surface area contributed by atoms with Crippen molar-refractivity contribution in [1.82, 2.24) is 9.80 Å². The number of hydrogen-bond acceptors (Lipinski definition) is 6. The third-order valence-corrected chi connectivity index (χ3v) is 6.38. The van der Waals surface area contributed by atoms with Gasteiger partial charge in [0.05, 0.1) is 13.2 Å². The number of ketones is 1. The van der Waals surface area contributed by atoms with Crippen LogP contribution in [0, 0.1) is 0 Å². The summed E-state index contributed by atoms with van der Waals surface area (Å²) in [4.78, 5) is 41.5. The fraction of sp³-hybridized carbons (Fsp3) is 0.483. The van der Waals surface area contributed by atoms with E-state index in [2.05, 4.69) is 33.9 Å². The third kappa shape index (κ3) is 7.92. The van der Waals surface area contributed by atoms with Gasteiger partial charge in [-0.25, -0.2) is 9.59 Å². The predicted molar refractivity (Wildman–Crippen MR) is 138 cm³/mol. The maximum atomic E-state index is 13.3. The van der Waals surface area contributed by atoms with E-state index in [4.69, 9.17) is 4.74 Å². The summed E-state index contributed by atoms with van der Waals surface area (Å²) in [5.74, 6) is -1.43. The Morgan fingerprint density at radius 2 is 1.50 bits per heavy atom. The van der Waals surface area contributed by atoms with Crippen LogP contribution in [0.15, 0.2) is 60.7 Å². The molecule has 1 amide bonds. The summed E-state index contributed by atoms with van der Waals surface area (Å²) in [6.07, 6.45) is 1.68. The number of carbonyl (C=O) groups is 3. The number of esters is 1. The fourth-order valence-electron chi connectivity index (χ4n) is 4.78. The number of Topliss-reactive ketones (excluding diaryl/α,β-unsaturated/α-hetero) is 1. The van der Waals surface area contributed by atoms with Gasteiger partial charge in [-0.05, 0) is 51.2 Å². The Bertz CT molecular complexity index is 962. The molecule has 7 heteroatoms. The molecule has 1 aliphatic rings.